The normalized spacial score (nSPS) is 10.6. The van der Waals surface area contributed by atoms with Gasteiger partial charge in [-0.25, -0.2) is 9.97 Å². The summed E-state index contributed by atoms with van der Waals surface area (Å²) in [4.78, 5) is 20.8. The molecule has 0 bridgehead atoms. The maximum atomic E-state index is 12.4. The van der Waals surface area contributed by atoms with Gasteiger partial charge >= 0.3 is 0 Å². The van der Waals surface area contributed by atoms with E-state index < -0.39 is 0 Å². The standard InChI is InChI=1S/C22H24N4O2/c1-4-28-20-11-9-19(10-12-20)26-22-23-13-17(14-24-22)21(27)25-18-7-5-16(6-8-18)15(2)3/h5-15H,4H2,1-3H3,(H,25,27)(H,23,24,26). The number of rotatable bonds is 7. The van der Waals surface area contributed by atoms with Gasteiger partial charge in [-0.1, -0.05) is 26.0 Å². The number of hydrogen-bond acceptors (Lipinski definition) is 5. The Hall–Kier alpha value is -3.41. The van der Waals surface area contributed by atoms with Crippen LogP contribution in [-0.4, -0.2) is 22.5 Å². The quantitative estimate of drug-likeness (QED) is 0.607. The van der Waals surface area contributed by atoms with Crippen molar-refractivity contribution in [2.24, 2.45) is 0 Å². The highest BCUT2D eigenvalue weighted by atomic mass is 16.5. The fraction of sp³-hybridized carbons (Fsp3) is 0.227. The minimum atomic E-state index is -0.245. The van der Waals surface area contributed by atoms with Gasteiger partial charge in [-0.3, -0.25) is 4.79 Å². The number of carbonyl (C=O) groups is 1. The first-order valence-electron chi connectivity index (χ1n) is 9.28. The second kappa shape index (κ2) is 8.99. The van der Waals surface area contributed by atoms with Crippen LogP contribution in [0.1, 0.15) is 42.6 Å². The molecule has 0 aliphatic carbocycles. The van der Waals surface area contributed by atoms with Crippen molar-refractivity contribution in [2.45, 2.75) is 26.7 Å². The van der Waals surface area contributed by atoms with Crippen LogP contribution in [0.2, 0.25) is 0 Å². The molecule has 1 aromatic heterocycles. The topological polar surface area (TPSA) is 76.1 Å². The first-order valence-corrected chi connectivity index (χ1v) is 9.28. The molecule has 0 spiro atoms. The first kappa shape index (κ1) is 19.4. The average molecular weight is 376 g/mol. The van der Waals surface area contributed by atoms with E-state index >= 15 is 0 Å². The van der Waals surface area contributed by atoms with Crippen molar-refractivity contribution >= 4 is 23.2 Å². The number of carbonyl (C=O) groups excluding carboxylic acids is 1. The Kier molecular flexibility index (Phi) is 6.22. The van der Waals surface area contributed by atoms with Crippen LogP contribution in [-0.2, 0) is 0 Å². The maximum Gasteiger partial charge on any atom is 0.258 e. The largest absolute Gasteiger partial charge is 0.494 e. The van der Waals surface area contributed by atoms with Gasteiger partial charge in [0.2, 0.25) is 5.95 Å². The van der Waals surface area contributed by atoms with E-state index in [9.17, 15) is 4.79 Å². The lowest BCUT2D eigenvalue weighted by Gasteiger charge is -2.09. The Bertz CT molecular complexity index is 905. The number of aromatic nitrogens is 2. The van der Waals surface area contributed by atoms with Gasteiger partial charge in [-0.05, 0) is 54.8 Å². The molecule has 1 heterocycles. The minimum Gasteiger partial charge on any atom is -0.494 e. The molecular weight excluding hydrogens is 352 g/mol. The van der Waals surface area contributed by atoms with E-state index in [4.69, 9.17) is 4.74 Å². The molecule has 0 fully saturated rings. The Balaban J connectivity index is 1.60. The van der Waals surface area contributed by atoms with Crippen molar-refractivity contribution in [3.8, 4) is 5.75 Å². The van der Waals surface area contributed by atoms with Gasteiger partial charge in [0.15, 0.2) is 0 Å². The van der Waals surface area contributed by atoms with Crippen molar-refractivity contribution in [3.63, 3.8) is 0 Å². The summed E-state index contributed by atoms with van der Waals surface area (Å²) >= 11 is 0. The second-order valence-corrected chi connectivity index (χ2v) is 6.61. The van der Waals surface area contributed by atoms with Crippen molar-refractivity contribution < 1.29 is 9.53 Å². The van der Waals surface area contributed by atoms with E-state index in [2.05, 4.69) is 34.4 Å². The molecule has 144 valence electrons. The van der Waals surface area contributed by atoms with Crippen LogP contribution in [0.25, 0.3) is 0 Å². The molecule has 28 heavy (non-hydrogen) atoms. The van der Waals surface area contributed by atoms with Gasteiger partial charge in [0, 0.05) is 23.8 Å². The molecule has 6 nitrogen and oxygen atoms in total. The van der Waals surface area contributed by atoms with Crippen LogP contribution < -0.4 is 15.4 Å². The van der Waals surface area contributed by atoms with Crippen molar-refractivity contribution in [1.29, 1.82) is 0 Å². The summed E-state index contributed by atoms with van der Waals surface area (Å²) < 4.78 is 5.42. The number of ether oxygens (including phenoxy) is 1. The lowest BCUT2D eigenvalue weighted by Crippen LogP contribution is -2.13. The summed E-state index contributed by atoms with van der Waals surface area (Å²) in [5.41, 5.74) is 3.20. The molecule has 0 saturated carbocycles. The molecule has 2 N–H and O–H groups in total. The van der Waals surface area contributed by atoms with E-state index in [-0.39, 0.29) is 5.91 Å². The van der Waals surface area contributed by atoms with Crippen LogP contribution in [0.15, 0.2) is 60.9 Å². The fourth-order valence-corrected chi connectivity index (χ4v) is 2.59. The van der Waals surface area contributed by atoms with Gasteiger partial charge < -0.3 is 15.4 Å². The summed E-state index contributed by atoms with van der Waals surface area (Å²) in [5, 5.41) is 5.95. The first-order chi connectivity index (χ1) is 13.5. The molecular formula is C22H24N4O2. The molecule has 3 rings (SSSR count). The molecule has 0 atom stereocenters. The third-order valence-corrected chi connectivity index (χ3v) is 4.17. The van der Waals surface area contributed by atoms with Crippen LogP contribution >= 0.6 is 0 Å². The summed E-state index contributed by atoms with van der Waals surface area (Å²) in [5.74, 6) is 1.43. The molecule has 6 heteroatoms. The minimum absolute atomic E-state index is 0.245. The third kappa shape index (κ3) is 5.07. The predicted octanol–water partition coefficient (Wildman–Crippen LogP) is 4.99. The number of anilines is 3. The number of nitrogens with zero attached hydrogens (tertiary/aromatic N) is 2. The highest BCUT2D eigenvalue weighted by molar-refractivity contribution is 6.03. The Morgan fingerprint density at radius 1 is 0.964 bits per heavy atom. The number of amides is 1. The molecule has 0 radical (unpaired) electrons. The van der Waals surface area contributed by atoms with E-state index in [1.165, 1.54) is 18.0 Å². The lowest BCUT2D eigenvalue weighted by molar-refractivity contribution is 0.102. The predicted molar refractivity (Wildman–Crippen MR) is 111 cm³/mol. The summed E-state index contributed by atoms with van der Waals surface area (Å²) in [6.45, 7) is 6.83. The van der Waals surface area contributed by atoms with Gasteiger partial charge in [0.05, 0.1) is 12.2 Å². The molecule has 0 aliphatic rings. The zero-order valence-corrected chi connectivity index (χ0v) is 16.3. The van der Waals surface area contributed by atoms with Crippen LogP contribution in [0.3, 0.4) is 0 Å². The zero-order chi connectivity index (χ0) is 19.9. The van der Waals surface area contributed by atoms with Crippen molar-refractivity contribution in [3.05, 3.63) is 72.1 Å². The molecule has 2 aromatic carbocycles. The Morgan fingerprint density at radius 3 is 2.14 bits per heavy atom. The van der Waals surface area contributed by atoms with Gasteiger partial charge in [-0.2, -0.15) is 0 Å². The molecule has 1 amide bonds. The van der Waals surface area contributed by atoms with E-state index in [0.717, 1.165) is 17.1 Å². The van der Waals surface area contributed by atoms with Crippen LogP contribution in [0.4, 0.5) is 17.3 Å². The van der Waals surface area contributed by atoms with Gasteiger partial charge in [0.1, 0.15) is 5.75 Å². The van der Waals surface area contributed by atoms with Crippen LogP contribution in [0.5, 0.6) is 5.75 Å². The van der Waals surface area contributed by atoms with E-state index in [1.807, 2.05) is 55.5 Å². The smallest absolute Gasteiger partial charge is 0.258 e. The Morgan fingerprint density at radius 2 is 1.57 bits per heavy atom. The molecule has 0 saturated heterocycles. The van der Waals surface area contributed by atoms with Crippen LogP contribution in [0, 0.1) is 0 Å². The second-order valence-electron chi connectivity index (χ2n) is 6.61. The monoisotopic (exact) mass is 376 g/mol. The Labute approximate surface area is 165 Å². The van der Waals surface area contributed by atoms with Gasteiger partial charge in [-0.15, -0.1) is 0 Å². The van der Waals surface area contributed by atoms with Crippen molar-refractivity contribution in [1.82, 2.24) is 9.97 Å². The fourth-order valence-electron chi connectivity index (χ4n) is 2.59. The van der Waals surface area contributed by atoms with Crippen molar-refractivity contribution in [2.75, 3.05) is 17.2 Å². The highest BCUT2D eigenvalue weighted by Gasteiger charge is 2.08. The average Bonchev–Trinajstić information content (AvgIpc) is 2.70. The number of nitrogens with one attached hydrogen (secondary N) is 2. The zero-order valence-electron chi connectivity index (χ0n) is 16.3. The highest BCUT2D eigenvalue weighted by Crippen LogP contribution is 2.19. The third-order valence-electron chi connectivity index (χ3n) is 4.17. The molecule has 3 aromatic rings. The number of hydrogen-bond donors (Lipinski definition) is 2. The SMILES string of the molecule is CCOc1ccc(Nc2ncc(C(=O)Nc3ccc(C(C)C)cc3)cn2)cc1. The lowest BCUT2D eigenvalue weighted by atomic mass is 10.0. The van der Waals surface area contributed by atoms with E-state index in [1.54, 1.807) is 0 Å². The van der Waals surface area contributed by atoms with E-state index in [0.29, 0.717) is 24.0 Å². The summed E-state index contributed by atoms with van der Waals surface area (Å²) in [7, 11) is 0. The summed E-state index contributed by atoms with van der Waals surface area (Å²) in [6, 6.07) is 15.3. The molecule has 0 aliphatic heterocycles. The van der Waals surface area contributed by atoms with Gasteiger partial charge in [0.25, 0.3) is 5.91 Å². The maximum absolute atomic E-state index is 12.4. The molecule has 0 unspecified atom stereocenters. The number of benzene rings is 2. The summed E-state index contributed by atoms with van der Waals surface area (Å²) in [6.07, 6.45) is 3.00.